The van der Waals surface area contributed by atoms with Crippen LogP contribution in [0.1, 0.15) is 19.4 Å². The SMILES string of the molecule is CC(C)N(CC=CCN)Cc1ccccc1. The highest BCUT2D eigenvalue weighted by atomic mass is 15.1. The molecule has 1 aromatic rings. The fraction of sp³-hybridized carbons (Fsp3) is 0.429. The van der Waals surface area contributed by atoms with E-state index in [4.69, 9.17) is 5.73 Å². The fourth-order valence-electron chi connectivity index (χ4n) is 1.58. The quantitative estimate of drug-likeness (QED) is 0.743. The van der Waals surface area contributed by atoms with E-state index in [-0.39, 0.29) is 0 Å². The first-order valence-electron chi connectivity index (χ1n) is 5.87. The summed E-state index contributed by atoms with van der Waals surface area (Å²) >= 11 is 0. The summed E-state index contributed by atoms with van der Waals surface area (Å²) in [4.78, 5) is 2.42. The Kier molecular flexibility index (Phi) is 5.83. The molecule has 16 heavy (non-hydrogen) atoms. The van der Waals surface area contributed by atoms with E-state index in [1.807, 2.05) is 6.08 Å². The van der Waals surface area contributed by atoms with Crippen molar-refractivity contribution >= 4 is 0 Å². The summed E-state index contributed by atoms with van der Waals surface area (Å²) < 4.78 is 0. The molecule has 0 fully saturated rings. The molecule has 1 aromatic carbocycles. The van der Waals surface area contributed by atoms with E-state index >= 15 is 0 Å². The van der Waals surface area contributed by atoms with Crippen LogP contribution in [0.15, 0.2) is 42.5 Å². The van der Waals surface area contributed by atoms with E-state index in [2.05, 4.69) is 55.2 Å². The standard InChI is InChI=1S/C14H22N2/c1-13(2)16(11-7-6-10-15)12-14-8-4-3-5-9-14/h3-9,13H,10-12,15H2,1-2H3. The molecule has 0 aliphatic carbocycles. The molecular formula is C14H22N2. The molecule has 0 spiro atoms. The van der Waals surface area contributed by atoms with Gasteiger partial charge in [-0.05, 0) is 19.4 Å². The third kappa shape index (κ3) is 4.60. The number of hydrogen-bond acceptors (Lipinski definition) is 2. The highest BCUT2D eigenvalue weighted by Gasteiger charge is 2.07. The van der Waals surface area contributed by atoms with Crippen LogP contribution >= 0.6 is 0 Å². The zero-order valence-corrected chi connectivity index (χ0v) is 10.3. The number of rotatable bonds is 6. The smallest absolute Gasteiger partial charge is 0.0239 e. The number of benzene rings is 1. The second kappa shape index (κ2) is 7.20. The maximum Gasteiger partial charge on any atom is 0.0239 e. The fourth-order valence-corrected chi connectivity index (χ4v) is 1.58. The lowest BCUT2D eigenvalue weighted by Gasteiger charge is -2.25. The van der Waals surface area contributed by atoms with Crippen LogP contribution in [0, 0.1) is 0 Å². The highest BCUT2D eigenvalue weighted by Crippen LogP contribution is 2.07. The lowest BCUT2D eigenvalue weighted by atomic mass is 10.2. The highest BCUT2D eigenvalue weighted by molar-refractivity contribution is 5.14. The maximum atomic E-state index is 5.44. The molecule has 0 saturated heterocycles. The Labute approximate surface area is 98.8 Å². The molecule has 0 heterocycles. The van der Waals surface area contributed by atoms with Crippen LogP contribution in [-0.2, 0) is 6.54 Å². The van der Waals surface area contributed by atoms with Gasteiger partial charge in [-0.3, -0.25) is 4.90 Å². The van der Waals surface area contributed by atoms with Gasteiger partial charge in [-0.25, -0.2) is 0 Å². The van der Waals surface area contributed by atoms with Gasteiger partial charge in [-0.2, -0.15) is 0 Å². The van der Waals surface area contributed by atoms with Crippen molar-refractivity contribution in [1.29, 1.82) is 0 Å². The molecule has 0 saturated carbocycles. The summed E-state index contributed by atoms with van der Waals surface area (Å²) in [6.07, 6.45) is 4.16. The Balaban J connectivity index is 2.55. The van der Waals surface area contributed by atoms with Gasteiger partial charge in [0.25, 0.3) is 0 Å². The molecule has 88 valence electrons. The van der Waals surface area contributed by atoms with Crippen molar-refractivity contribution in [2.45, 2.75) is 26.4 Å². The summed E-state index contributed by atoms with van der Waals surface area (Å²) in [5.41, 5.74) is 6.80. The molecule has 0 aliphatic rings. The van der Waals surface area contributed by atoms with Crippen LogP contribution < -0.4 is 5.73 Å². The van der Waals surface area contributed by atoms with E-state index in [0.717, 1.165) is 13.1 Å². The largest absolute Gasteiger partial charge is 0.327 e. The first-order chi connectivity index (χ1) is 7.74. The van der Waals surface area contributed by atoms with Crippen molar-refractivity contribution < 1.29 is 0 Å². The number of hydrogen-bond donors (Lipinski definition) is 1. The Morgan fingerprint density at radius 2 is 1.88 bits per heavy atom. The Hall–Kier alpha value is -1.12. The number of nitrogens with zero attached hydrogens (tertiary/aromatic N) is 1. The van der Waals surface area contributed by atoms with E-state index < -0.39 is 0 Å². The molecule has 0 bridgehead atoms. The Bertz CT molecular complexity index is 304. The van der Waals surface area contributed by atoms with Crippen LogP contribution in [-0.4, -0.2) is 24.0 Å². The first kappa shape index (κ1) is 12.9. The van der Waals surface area contributed by atoms with Crippen molar-refractivity contribution in [3.8, 4) is 0 Å². The third-order valence-electron chi connectivity index (χ3n) is 2.60. The van der Waals surface area contributed by atoms with Crippen LogP contribution in [0.3, 0.4) is 0 Å². The Morgan fingerprint density at radius 3 is 2.44 bits per heavy atom. The molecule has 2 nitrogen and oxygen atoms in total. The minimum absolute atomic E-state index is 0.544. The van der Waals surface area contributed by atoms with Crippen molar-refractivity contribution in [3.05, 3.63) is 48.0 Å². The molecule has 0 radical (unpaired) electrons. The molecule has 0 aromatic heterocycles. The third-order valence-corrected chi connectivity index (χ3v) is 2.60. The lowest BCUT2D eigenvalue weighted by Crippen LogP contribution is -2.30. The average Bonchev–Trinajstić information content (AvgIpc) is 2.29. The van der Waals surface area contributed by atoms with Gasteiger partial charge in [0.2, 0.25) is 0 Å². The second-order valence-corrected chi connectivity index (χ2v) is 4.22. The van der Waals surface area contributed by atoms with Crippen molar-refractivity contribution in [2.24, 2.45) is 5.73 Å². The predicted molar refractivity (Wildman–Crippen MR) is 70.2 cm³/mol. The van der Waals surface area contributed by atoms with Crippen LogP contribution in [0.5, 0.6) is 0 Å². The average molecular weight is 218 g/mol. The second-order valence-electron chi connectivity index (χ2n) is 4.22. The minimum Gasteiger partial charge on any atom is -0.327 e. The number of nitrogens with two attached hydrogens (primary N) is 1. The lowest BCUT2D eigenvalue weighted by molar-refractivity contribution is 0.237. The van der Waals surface area contributed by atoms with Crippen LogP contribution in [0.2, 0.25) is 0 Å². The molecule has 2 N–H and O–H groups in total. The van der Waals surface area contributed by atoms with Crippen LogP contribution in [0.25, 0.3) is 0 Å². The monoisotopic (exact) mass is 218 g/mol. The molecule has 2 heteroatoms. The summed E-state index contributed by atoms with van der Waals surface area (Å²) in [6.45, 7) is 7.02. The van der Waals surface area contributed by atoms with Gasteiger partial charge in [-0.1, -0.05) is 42.5 Å². The molecule has 0 unspecified atom stereocenters. The summed E-state index contributed by atoms with van der Waals surface area (Å²) in [5.74, 6) is 0. The van der Waals surface area contributed by atoms with Gasteiger partial charge in [-0.15, -0.1) is 0 Å². The van der Waals surface area contributed by atoms with Gasteiger partial charge in [0, 0.05) is 25.7 Å². The molecule has 0 atom stereocenters. The maximum absolute atomic E-state index is 5.44. The predicted octanol–water partition coefficient (Wildman–Crippen LogP) is 2.41. The van der Waals surface area contributed by atoms with Gasteiger partial charge < -0.3 is 5.73 Å². The van der Waals surface area contributed by atoms with E-state index in [1.54, 1.807) is 0 Å². The molecule has 0 amide bonds. The van der Waals surface area contributed by atoms with Gasteiger partial charge in [0.15, 0.2) is 0 Å². The van der Waals surface area contributed by atoms with E-state index in [0.29, 0.717) is 12.6 Å². The van der Waals surface area contributed by atoms with Crippen molar-refractivity contribution in [1.82, 2.24) is 4.90 Å². The summed E-state index contributed by atoms with van der Waals surface area (Å²) in [7, 11) is 0. The minimum atomic E-state index is 0.544. The van der Waals surface area contributed by atoms with Gasteiger partial charge in [0.1, 0.15) is 0 Å². The normalized spacial score (nSPS) is 11.8. The zero-order valence-electron chi connectivity index (χ0n) is 10.3. The van der Waals surface area contributed by atoms with Crippen molar-refractivity contribution in [2.75, 3.05) is 13.1 Å². The van der Waals surface area contributed by atoms with E-state index in [9.17, 15) is 0 Å². The first-order valence-corrected chi connectivity index (χ1v) is 5.87. The van der Waals surface area contributed by atoms with Crippen LogP contribution in [0.4, 0.5) is 0 Å². The zero-order chi connectivity index (χ0) is 11.8. The molecular weight excluding hydrogens is 196 g/mol. The summed E-state index contributed by atoms with van der Waals surface area (Å²) in [5, 5.41) is 0. The van der Waals surface area contributed by atoms with E-state index in [1.165, 1.54) is 5.56 Å². The Morgan fingerprint density at radius 1 is 1.19 bits per heavy atom. The summed E-state index contributed by atoms with van der Waals surface area (Å²) in [6, 6.07) is 11.1. The molecule has 1 rings (SSSR count). The van der Waals surface area contributed by atoms with Gasteiger partial charge >= 0.3 is 0 Å². The topological polar surface area (TPSA) is 29.3 Å². The molecule has 0 aliphatic heterocycles. The van der Waals surface area contributed by atoms with Crippen molar-refractivity contribution in [3.63, 3.8) is 0 Å². The van der Waals surface area contributed by atoms with Gasteiger partial charge in [0.05, 0.1) is 0 Å².